The van der Waals surface area contributed by atoms with Gasteiger partial charge < -0.3 is 10.7 Å². The van der Waals surface area contributed by atoms with Gasteiger partial charge in [-0.25, -0.2) is 8.78 Å². The Kier molecular flexibility index (Phi) is 2.94. The van der Waals surface area contributed by atoms with Crippen LogP contribution in [0.1, 0.15) is 23.2 Å². The molecule has 1 aromatic heterocycles. The van der Waals surface area contributed by atoms with Gasteiger partial charge in [0.15, 0.2) is 0 Å². The molecule has 0 spiro atoms. The summed E-state index contributed by atoms with van der Waals surface area (Å²) >= 11 is 0. The van der Waals surface area contributed by atoms with Gasteiger partial charge >= 0.3 is 0 Å². The van der Waals surface area contributed by atoms with Crippen molar-refractivity contribution in [2.24, 2.45) is 5.73 Å². The Morgan fingerprint density at radius 3 is 2.71 bits per heavy atom. The van der Waals surface area contributed by atoms with E-state index in [0.717, 1.165) is 6.07 Å². The molecular weight excluding hydrogens is 192 g/mol. The van der Waals surface area contributed by atoms with Crippen molar-refractivity contribution < 1.29 is 8.78 Å². The summed E-state index contributed by atoms with van der Waals surface area (Å²) in [5, 5.41) is 8.55. The van der Waals surface area contributed by atoms with Crippen molar-refractivity contribution in [3.63, 3.8) is 0 Å². The molecule has 74 valence electrons. The molecule has 0 aliphatic rings. The lowest BCUT2D eigenvalue weighted by Gasteiger charge is -2.03. The number of hydrogen-bond donors (Lipinski definition) is 2. The van der Waals surface area contributed by atoms with E-state index in [0.29, 0.717) is 0 Å². The summed E-state index contributed by atoms with van der Waals surface area (Å²) in [5.74, 6) is 0. The van der Waals surface area contributed by atoms with Crippen LogP contribution in [0.4, 0.5) is 8.78 Å². The fourth-order valence-electron chi connectivity index (χ4n) is 1.04. The van der Waals surface area contributed by atoms with Crippen LogP contribution in [0, 0.1) is 11.3 Å². The van der Waals surface area contributed by atoms with E-state index in [1.807, 2.05) is 4.98 Å². The molecule has 0 bridgehead atoms. The summed E-state index contributed by atoms with van der Waals surface area (Å²) < 4.78 is 24.4. The minimum absolute atomic E-state index is 0.119. The van der Waals surface area contributed by atoms with Gasteiger partial charge in [0.1, 0.15) is 11.6 Å². The number of nitrogens with one attached hydrogen (secondary N) is 1. The first-order chi connectivity index (χ1) is 6.60. The average Bonchev–Trinajstić information content (AvgIpc) is 2.16. The third kappa shape index (κ3) is 1.78. The van der Waals surface area contributed by atoms with E-state index >= 15 is 0 Å². The van der Waals surface area contributed by atoms with Crippen molar-refractivity contribution in [2.75, 3.05) is 0 Å². The van der Waals surface area contributed by atoms with Crippen LogP contribution >= 0.6 is 0 Å². The number of hydrogen-bond acceptors (Lipinski definition) is 3. The van der Waals surface area contributed by atoms with E-state index in [-0.39, 0.29) is 17.7 Å². The minimum atomic E-state index is -2.78. The molecule has 0 aromatic carbocycles. The number of alkyl halides is 2. The number of nitriles is 1. The smallest absolute Gasteiger partial charge is 0.278 e. The zero-order chi connectivity index (χ0) is 10.7. The van der Waals surface area contributed by atoms with Crippen LogP contribution in [-0.2, 0) is 6.54 Å². The van der Waals surface area contributed by atoms with Gasteiger partial charge in [-0.05, 0) is 11.6 Å². The molecule has 0 amide bonds. The number of halogens is 2. The third-order valence-electron chi connectivity index (χ3n) is 1.70. The normalized spacial score (nSPS) is 10.2. The first kappa shape index (κ1) is 10.3. The van der Waals surface area contributed by atoms with Gasteiger partial charge in [-0.1, -0.05) is 0 Å². The van der Waals surface area contributed by atoms with Crippen molar-refractivity contribution in [1.82, 2.24) is 4.98 Å². The number of pyridine rings is 1. The third-order valence-corrected chi connectivity index (χ3v) is 1.70. The van der Waals surface area contributed by atoms with Crippen LogP contribution in [0.5, 0.6) is 0 Å². The van der Waals surface area contributed by atoms with Crippen LogP contribution in [0.3, 0.4) is 0 Å². The highest BCUT2D eigenvalue weighted by Crippen LogP contribution is 2.16. The summed E-state index contributed by atoms with van der Waals surface area (Å²) in [7, 11) is 0. The summed E-state index contributed by atoms with van der Waals surface area (Å²) in [6.45, 7) is -0.119. The molecule has 1 rings (SSSR count). The highest BCUT2D eigenvalue weighted by molar-refractivity contribution is 5.36. The summed E-state index contributed by atoms with van der Waals surface area (Å²) in [6.07, 6.45) is -2.78. The molecule has 6 heteroatoms. The zero-order valence-electron chi connectivity index (χ0n) is 7.05. The molecule has 0 saturated carbocycles. The van der Waals surface area contributed by atoms with E-state index in [4.69, 9.17) is 11.0 Å². The largest absolute Gasteiger partial charge is 0.326 e. The molecule has 0 radical (unpaired) electrons. The van der Waals surface area contributed by atoms with Gasteiger partial charge in [0.2, 0.25) is 0 Å². The summed E-state index contributed by atoms with van der Waals surface area (Å²) in [5.41, 5.74) is 3.79. The first-order valence-corrected chi connectivity index (χ1v) is 3.74. The van der Waals surface area contributed by atoms with E-state index < -0.39 is 17.7 Å². The molecule has 3 N–H and O–H groups in total. The Hall–Kier alpha value is -1.74. The Morgan fingerprint density at radius 1 is 1.64 bits per heavy atom. The van der Waals surface area contributed by atoms with Crippen LogP contribution in [0.25, 0.3) is 0 Å². The van der Waals surface area contributed by atoms with E-state index in [9.17, 15) is 13.6 Å². The van der Waals surface area contributed by atoms with Crippen molar-refractivity contribution in [2.45, 2.75) is 13.0 Å². The van der Waals surface area contributed by atoms with Crippen molar-refractivity contribution in [1.29, 1.82) is 5.26 Å². The van der Waals surface area contributed by atoms with Gasteiger partial charge in [-0.15, -0.1) is 0 Å². The number of H-pyrrole nitrogens is 1. The first-order valence-electron chi connectivity index (χ1n) is 3.74. The second-order valence-electron chi connectivity index (χ2n) is 2.57. The fourth-order valence-corrected chi connectivity index (χ4v) is 1.04. The Morgan fingerprint density at radius 2 is 2.29 bits per heavy atom. The van der Waals surface area contributed by atoms with Gasteiger partial charge in [0.05, 0.1) is 5.69 Å². The van der Waals surface area contributed by atoms with Gasteiger partial charge in [-0.2, -0.15) is 5.26 Å². The number of nitrogens with two attached hydrogens (primary N) is 1. The van der Waals surface area contributed by atoms with Crippen LogP contribution in [0.15, 0.2) is 10.9 Å². The predicted molar refractivity (Wildman–Crippen MR) is 44.6 cm³/mol. The number of aromatic amines is 1. The fraction of sp³-hybridized carbons (Fsp3) is 0.250. The molecular formula is C8H7F2N3O. The monoisotopic (exact) mass is 199 g/mol. The highest BCUT2D eigenvalue weighted by atomic mass is 19.3. The molecule has 0 aliphatic heterocycles. The topological polar surface area (TPSA) is 82.7 Å². The van der Waals surface area contributed by atoms with E-state index in [2.05, 4.69) is 0 Å². The van der Waals surface area contributed by atoms with Crippen molar-refractivity contribution in [3.05, 3.63) is 33.2 Å². The molecule has 0 fully saturated rings. The van der Waals surface area contributed by atoms with E-state index in [1.54, 1.807) is 6.07 Å². The molecule has 0 aliphatic carbocycles. The predicted octanol–water partition coefficient (Wildman–Crippen LogP) is 0.643. The summed E-state index contributed by atoms with van der Waals surface area (Å²) in [6, 6.07) is 2.64. The van der Waals surface area contributed by atoms with Gasteiger partial charge in [0.25, 0.3) is 12.0 Å². The maximum atomic E-state index is 12.2. The van der Waals surface area contributed by atoms with Gasteiger partial charge in [0, 0.05) is 6.54 Å². The van der Waals surface area contributed by atoms with Crippen molar-refractivity contribution >= 4 is 0 Å². The number of rotatable bonds is 2. The second kappa shape index (κ2) is 3.98. The Bertz CT molecular complexity index is 433. The number of aromatic nitrogens is 1. The quantitative estimate of drug-likeness (QED) is 0.733. The van der Waals surface area contributed by atoms with Gasteiger partial charge in [-0.3, -0.25) is 4.79 Å². The van der Waals surface area contributed by atoms with Crippen LogP contribution < -0.4 is 11.3 Å². The number of nitrogens with zero attached hydrogens (tertiary/aromatic N) is 1. The Balaban J connectivity index is 3.41. The zero-order valence-corrected chi connectivity index (χ0v) is 7.05. The van der Waals surface area contributed by atoms with Crippen molar-refractivity contribution in [3.8, 4) is 6.07 Å². The average molecular weight is 199 g/mol. The molecule has 0 saturated heterocycles. The second-order valence-corrected chi connectivity index (χ2v) is 2.57. The lowest BCUT2D eigenvalue weighted by molar-refractivity contribution is 0.145. The lowest BCUT2D eigenvalue weighted by atomic mass is 10.1. The SMILES string of the molecule is N#Cc1c(CN)cc(C(F)F)[nH]c1=O. The molecule has 14 heavy (non-hydrogen) atoms. The highest BCUT2D eigenvalue weighted by Gasteiger charge is 2.13. The molecule has 0 atom stereocenters. The molecule has 1 heterocycles. The summed E-state index contributed by atoms with van der Waals surface area (Å²) in [4.78, 5) is 13.0. The molecule has 0 unspecified atom stereocenters. The van der Waals surface area contributed by atoms with Crippen LogP contribution in [0.2, 0.25) is 0 Å². The maximum absolute atomic E-state index is 12.2. The molecule has 1 aromatic rings. The standard InChI is InChI=1S/C8H7F2N3O/c9-7(10)6-1-4(2-11)5(3-12)8(14)13-6/h1,7H,2,11H2,(H,13,14). The van der Waals surface area contributed by atoms with E-state index in [1.165, 1.54) is 0 Å². The Labute approximate surface area is 78.0 Å². The maximum Gasteiger partial charge on any atom is 0.278 e. The van der Waals surface area contributed by atoms with Crippen LogP contribution in [-0.4, -0.2) is 4.98 Å². The minimum Gasteiger partial charge on any atom is -0.326 e. The lowest BCUT2D eigenvalue weighted by Crippen LogP contribution is -2.17. The molecule has 4 nitrogen and oxygen atoms in total.